The van der Waals surface area contributed by atoms with Gasteiger partial charge in [-0.05, 0) is 51.1 Å². The number of esters is 1. The molecule has 4 rings (SSSR count). The van der Waals surface area contributed by atoms with E-state index < -0.39 is 11.6 Å². The number of hydrogen-bond acceptors (Lipinski definition) is 4. The normalized spacial score (nSPS) is 32.2. The van der Waals surface area contributed by atoms with Crippen molar-refractivity contribution in [3.8, 4) is 0 Å². The molecule has 0 aromatic heterocycles. The summed E-state index contributed by atoms with van der Waals surface area (Å²) in [6, 6.07) is 10.4. The summed E-state index contributed by atoms with van der Waals surface area (Å²) in [4.78, 5) is 15.7. The van der Waals surface area contributed by atoms with Gasteiger partial charge in [0.1, 0.15) is 6.10 Å². The summed E-state index contributed by atoms with van der Waals surface area (Å²) in [6.07, 6.45) is 9.30. The topological polar surface area (TPSA) is 49.8 Å². The van der Waals surface area contributed by atoms with Crippen molar-refractivity contribution < 1.29 is 14.6 Å². The molecule has 1 saturated carbocycles. The first-order valence-corrected chi connectivity index (χ1v) is 10.3. The lowest BCUT2D eigenvalue weighted by Gasteiger charge is -2.41. The summed E-state index contributed by atoms with van der Waals surface area (Å²) in [6.45, 7) is 0. The predicted molar refractivity (Wildman–Crippen MR) is 101 cm³/mol. The molecule has 0 spiro atoms. The van der Waals surface area contributed by atoms with Crippen LogP contribution < -0.4 is 0 Å². The molecule has 4 heteroatoms. The SMILES string of the molecule is CN1[C@H]2CC[C@@H]1[C@H](OC(=O)[C@](O)(c1ccccc1)C1CCCCC1)CC2. The molecule has 1 aromatic rings. The second kappa shape index (κ2) is 7.32. The lowest BCUT2D eigenvalue weighted by atomic mass is 9.73. The van der Waals surface area contributed by atoms with Gasteiger partial charge in [0.15, 0.2) is 5.60 Å². The molecule has 3 aliphatic rings. The van der Waals surface area contributed by atoms with E-state index in [1.54, 1.807) is 0 Å². The molecule has 1 aromatic carbocycles. The number of carbonyl (C=O) groups excluding carboxylic acids is 1. The molecule has 1 aliphatic carbocycles. The average molecular weight is 357 g/mol. The van der Waals surface area contributed by atoms with Crippen molar-refractivity contribution in [1.29, 1.82) is 0 Å². The number of rotatable bonds is 4. The average Bonchev–Trinajstić information content (AvgIpc) is 2.92. The van der Waals surface area contributed by atoms with Gasteiger partial charge in [0.25, 0.3) is 0 Å². The van der Waals surface area contributed by atoms with Crippen molar-refractivity contribution in [2.24, 2.45) is 5.92 Å². The minimum absolute atomic E-state index is 0.0520. The zero-order valence-electron chi connectivity index (χ0n) is 15.8. The summed E-state index contributed by atoms with van der Waals surface area (Å²) >= 11 is 0. The van der Waals surface area contributed by atoms with E-state index in [0.29, 0.717) is 17.6 Å². The quantitative estimate of drug-likeness (QED) is 0.836. The molecule has 3 fully saturated rings. The maximum atomic E-state index is 13.3. The highest BCUT2D eigenvalue weighted by atomic mass is 16.6. The second-order valence-electron chi connectivity index (χ2n) is 8.45. The Morgan fingerprint density at radius 1 is 1.04 bits per heavy atom. The van der Waals surface area contributed by atoms with Crippen molar-refractivity contribution in [1.82, 2.24) is 4.90 Å². The first-order valence-electron chi connectivity index (χ1n) is 10.3. The Bertz CT molecular complexity index is 628. The van der Waals surface area contributed by atoms with Gasteiger partial charge in [0.2, 0.25) is 0 Å². The Morgan fingerprint density at radius 2 is 1.73 bits per heavy atom. The molecule has 26 heavy (non-hydrogen) atoms. The van der Waals surface area contributed by atoms with Crippen molar-refractivity contribution in [3.63, 3.8) is 0 Å². The van der Waals surface area contributed by atoms with E-state index in [-0.39, 0.29) is 12.0 Å². The Balaban J connectivity index is 1.58. The van der Waals surface area contributed by atoms with Crippen LogP contribution in [-0.4, -0.2) is 41.2 Å². The van der Waals surface area contributed by atoms with E-state index >= 15 is 0 Å². The van der Waals surface area contributed by atoms with Crippen LogP contribution in [-0.2, 0) is 15.1 Å². The summed E-state index contributed by atoms with van der Waals surface area (Å²) in [7, 11) is 2.15. The van der Waals surface area contributed by atoms with Crippen LogP contribution in [0.25, 0.3) is 0 Å². The molecule has 4 atom stereocenters. The van der Waals surface area contributed by atoms with Crippen molar-refractivity contribution in [2.75, 3.05) is 7.05 Å². The Kier molecular flexibility index (Phi) is 5.07. The first kappa shape index (κ1) is 18.0. The molecule has 0 radical (unpaired) electrons. The van der Waals surface area contributed by atoms with Crippen molar-refractivity contribution >= 4 is 5.97 Å². The number of likely N-dealkylation sites (N-methyl/N-ethyl adjacent to an activating group) is 1. The molecule has 0 unspecified atom stereocenters. The molecule has 2 saturated heterocycles. The fraction of sp³-hybridized carbons (Fsp3) is 0.682. The van der Waals surface area contributed by atoms with E-state index in [4.69, 9.17) is 4.74 Å². The highest BCUT2D eigenvalue weighted by molar-refractivity contribution is 5.81. The minimum Gasteiger partial charge on any atom is -0.458 e. The molecule has 4 nitrogen and oxygen atoms in total. The highest BCUT2D eigenvalue weighted by Gasteiger charge is 2.50. The van der Waals surface area contributed by atoms with Crippen LogP contribution in [0.4, 0.5) is 0 Å². The third-order valence-electron chi connectivity index (χ3n) is 7.09. The minimum atomic E-state index is -1.52. The lowest BCUT2D eigenvalue weighted by Crippen LogP contribution is -2.51. The molecule has 2 heterocycles. The maximum absolute atomic E-state index is 13.3. The smallest absolute Gasteiger partial charge is 0.343 e. The van der Waals surface area contributed by atoms with Crippen LogP contribution >= 0.6 is 0 Å². The number of hydrogen-bond donors (Lipinski definition) is 1. The van der Waals surface area contributed by atoms with Gasteiger partial charge in [-0.15, -0.1) is 0 Å². The van der Waals surface area contributed by atoms with Crippen LogP contribution in [0.15, 0.2) is 30.3 Å². The molecule has 0 amide bonds. The number of fused-ring (bicyclic) bond motifs is 2. The summed E-state index contributed by atoms with van der Waals surface area (Å²) in [5, 5.41) is 11.7. The number of nitrogens with zero attached hydrogens (tertiary/aromatic N) is 1. The third-order valence-corrected chi connectivity index (χ3v) is 7.09. The van der Waals surface area contributed by atoms with Crippen LogP contribution in [0.3, 0.4) is 0 Å². The fourth-order valence-electron chi connectivity index (χ4n) is 5.48. The zero-order chi connectivity index (χ0) is 18.1. The predicted octanol–water partition coefficient (Wildman–Crippen LogP) is 3.62. The van der Waals surface area contributed by atoms with Gasteiger partial charge in [-0.25, -0.2) is 4.79 Å². The van der Waals surface area contributed by atoms with Gasteiger partial charge in [-0.3, -0.25) is 4.90 Å². The van der Waals surface area contributed by atoms with Crippen molar-refractivity contribution in [3.05, 3.63) is 35.9 Å². The van der Waals surface area contributed by atoms with Gasteiger partial charge >= 0.3 is 5.97 Å². The standard InChI is InChI=1S/C22H31NO3/c1-23-18-12-14-19(23)20(15-13-18)26-21(24)22(25,16-8-4-2-5-9-16)17-10-6-3-7-11-17/h2,4-5,8-9,17-20,25H,3,6-7,10-15H2,1H3/t18-,19+,20+,22-/m0/s1. The largest absolute Gasteiger partial charge is 0.458 e. The van der Waals surface area contributed by atoms with Gasteiger partial charge in [-0.1, -0.05) is 49.6 Å². The van der Waals surface area contributed by atoms with Gasteiger partial charge in [0.05, 0.1) is 0 Å². The Labute approximate surface area is 156 Å². The fourth-order valence-corrected chi connectivity index (χ4v) is 5.48. The molecule has 1 N–H and O–H groups in total. The van der Waals surface area contributed by atoms with Crippen LogP contribution in [0.5, 0.6) is 0 Å². The summed E-state index contributed by atoms with van der Waals surface area (Å²) < 4.78 is 6.03. The number of carbonyl (C=O) groups is 1. The summed E-state index contributed by atoms with van der Waals surface area (Å²) in [5.74, 6) is -0.483. The van der Waals surface area contributed by atoms with Gasteiger partial charge in [-0.2, -0.15) is 0 Å². The van der Waals surface area contributed by atoms with Crippen LogP contribution in [0.1, 0.15) is 63.4 Å². The highest BCUT2D eigenvalue weighted by Crippen LogP contribution is 2.42. The van der Waals surface area contributed by atoms with E-state index in [1.807, 2.05) is 30.3 Å². The van der Waals surface area contributed by atoms with Crippen molar-refractivity contribution in [2.45, 2.75) is 81.6 Å². The van der Waals surface area contributed by atoms with E-state index in [1.165, 1.54) is 12.8 Å². The van der Waals surface area contributed by atoms with E-state index in [2.05, 4.69) is 11.9 Å². The lowest BCUT2D eigenvalue weighted by molar-refractivity contribution is -0.186. The second-order valence-corrected chi connectivity index (χ2v) is 8.45. The summed E-state index contributed by atoms with van der Waals surface area (Å²) in [5.41, 5.74) is -0.833. The van der Waals surface area contributed by atoms with E-state index in [9.17, 15) is 9.90 Å². The van der Waals surface area contributed by atoms with Crippen LogP contribution in [0.2, 0.25) is 0 Å². The Hall–Kier alpha value is -1.39. The number of ether oxygens (including phenoxy) is 1. The number of piperidine rings is 1. The zero-order valence-corrected chi connectivity index (χ0v) is 15.8. The van der Waals surface area contributed by atoms with Crippen LogP contribution in [0, 0.1) is 5.92 Å². The molecule has 142 valence electrons. The van der Waals surface area contributed by atoms with Gasteiger partial charge in [0, 0.05) is 18.0 Å². The van der Waals surface area contributed by atoms with E-state index in [0.717, 1.165) is 44.9 Å². The molecule has 2 aliphatic heterocycles. The molecule has 2 bridgehead atoms. The Morgan fingerprint density at radius 3 is 2.46 bits per heavy atom. The first-order chi connectivity index (χ1) is 12.6. The van der Waals surface area contributed by atoms with Gasteiger partial charge < -0.3 is 9.84 Å². The maximum Gasteiger partial charge on any atom is 0.343 e. The third kappa shape index (κ3) is 3.07. The molecular weight excluding hydrogens is 326 g/mol. The monoisotopic (exact) mass is 357 g/mol. The number of benzene rings is 1. The number of aliphatic hydroxyl groups is 1. The molecular formula is C22H31NO3.